The fourth-order valence-corrected chi connectivity index (χ4v) is 0.837. The zero-order valence-corrected chi connectivity index (χ0v) is 7.92. The van der Waals surface area contributed by atoms with E-state index in [4.69, 9.17) is 5.73 Å². The minimum Gasteiger partial charge on any atom is -0.342 e. The molecule has 0 aliphatic carbocycles. The number of nitrogens with zero attached hydrogens (tertiary/aromatic N) is 1. The summed E-state index contributed by atoms with van der Waals surface area (Å²) in [5.74, 6) is 0.132. The predicted octanol–water partition coefficient (Wildman–Crippen LogP) is 0.758. The standard InChI is InChI=1S/C9H18N2O/c1-4-7-11(3)9(12)6-5-8(2)10/h4,8H,1,5-7,10H2,2-3H3. The van der Waals surface area contributed by atoms with Crippen molar-refractivity contribution in [2.75, 3.05) is 13.6 Å². The summed E-state index contributed by atoms with van der Waals surface area (Å²) < 4.78 is 0. The van der Waals surface area contributed by atoms with E-state index in [1.165, 1.54) is 0 Å². The fraction of sp³-hybridized carbons (Fsp3) is 0.667. The number of hydrogen-bond acceptors (Lipinski definition) is 2. The van der Waals surface area contributed by atoms with Crippen molar-refractivity contribution in [1.82, 2.24) is 4.90 Å². The van der Waals surface area contributed by atoms with E-state index >= 15 is 0 Å². The minimum atomic E-state index is 0.103. The topological polar surface area (TPSA) is 46.3 Å². The van der Waals surface area contributed by atoms with Gasteiger partial charge < -0.3 is 10.6 Å². The van der Waals surface area contributed by atoms with Crippen LogP contribution in [-0.4, -0.2) is 30.4 Å². The van der Waals surface area contributed by atoms with Crippen LogP contribution in [0.2, 0.25) is 0 Å². The Morgan fingerprint density at radius 2 is 2.33 bits per heavy atom. The van der Waals surface area contributed by atoms with Gasteiger partial charge in [0.05, 0.1) is 0 Å². The Bertz CT molecular complexity index is 155. The number of carbonyl (C=O) groups excluding carboxylic acids is 1. The van der Waals surface area contributed by atoms with E-state index in [-0.39, 0.29) is 11.9 Å². The van der Waals surface area contributed by atoms with Crippen molar-refractivity contribution in [2.45, 2.75) is 25.8 Å². The fourth-order valence-electron chi connectivity index (χ4n) is 0.837. The molecule has 0 aliphatic heterocycles. The first kappa shape index (κ1) is 11.2. The molecule has 3 heteroatoms. The molecule has 70 valence electrons. The Morgan fingerprint density at radius 1 is 1.75 bits per heavy atom. The summed E-state index contributed by atoms with van der Waals surface area (Å²) in [5.41, 5.74) is 5.52. The predicted molar refractivity (Wildman–Crippen MR) is 50.7 cm³/mol. The molecule has 0 bridgehead atoms. The van der Waals surface area contributed by atoms with Crippen molar-refractivity contribution in [2.24, 2.45) is 5.73 Å². The number of amides is 1. The lowest BCUT2D eigenvalue weighted by Gasteiger charge is -2.15. The van der Waals surface area contributed by atoms with Gasteiger partial charge in [0.2, 0.25) is 5.91 Å². The van der Waals surface area contributed by atoms with Gasteiger partial charge in [0.1, 0.15) is 0 Å². The van der Waals surface area contributed by atoms with Crippen LogP contribution in [-0.2, 0) is 4.79 Å². The number of carbonyl (C=O) groups is 1. The average Bonchev–Trinajstić information content (AvgIpc) is 2.00. The highest BCUT2D eigenvalue weighted by molar-refractivity contribution is 5.75. The molecule has 1 atom stereocenters. The highest BCUT2D eigenvalue weighted by atomic mass is 16.2. The SMILES string of the molecule is C=CCN(C)C(=O)CCC(C)N. The van der Waals surface area contributed by atoms with Crippen molar-refractivity contribution < 1.29 is 4.79 Å². The molecule has 0 heterocycles. The molecule has 3 nitrogen and oxygen atoms in total. The second-order valence-corrected chi connectivity index (χ2v) is 3.08. The third-order valence-electron chi connectivity index (χ3n) is 1.64. The first-order valence-corrected chi connectivity index (χ1v) is 4.18. The maximum Gasteiger partial charge on any atom is 0.222 e. The Morgan fingerprint density at radius 3 is 2.75 bits per heavy atom. The normalized spacial score (nSPS) is 12.2. The molecule has 0 aliphatic rings. The minimum absolute atomic E-state index is 0.103. The highest BCUT2D eigenvalue weighted by Crippen LogP contribution is 1.97. The third kappa shape index (κ3) is 4.91. The summed E-state index contributed by atoms with van der Waals surface area (Å²) in [5, 5.41) is 0. The Kier molecular flexibility index (Phi) is 5.37. The first-order chi connectivity index (χ1) is 5.57. The molecule has 0 radical (unpaired) electrons. The summed E-state index contributed by atoms with van der Waals surface area (Å²) in [6, 6.07) is 0.103. The second kappa shape index (κ2) is 5.77. The van der Waals surface area contributed by atoms with Crippen LogP contribution in [0.5, 0.6) is 0 Å². The van der Waals surface area contributed by atoms with Gasteiger partial charge in [-0.3, -0.25) is 4.79 Å². The van der Waals surface area contributed by atoms with Gasteiger partial charge in [-0.1, -0.05) is 6.08 Å². The largest absolute Gasteiger partial charge is 0.342 e. The Balaban J connectivity index is 3.63. The van der Waals surface area contributed by atoms with Crippen LogP contribution in [0.1, 0.15) is 19.8 Å². The molecule has 2 N–H and O–H groups in total. The lowest BCUT2D eigenvalue weighted by atomic mass is 10.2. The summed E-state index contributed by atoms with van der Waals surface area (Å²) in [6.07, 6.45) is 2.99. The van der Waals surface area contributed by atoms with Gasteiger partial charge >= 0.3 is 0 Å². The van der Waals surface area contributed by atoms with Crippen LogP contribution in [0.15, 0.2) is 12.7 Å². The smallest absolute Gasteiger partial charge is 0.222 e. The molecular weight excluding hydrogens is 152 g/mol. The maximum atomic E-state index is 11.3. The molecule has 0 rings (SSSR count). The van der Waals surface area contributed by atoms with Gasteiger partial charge in [-0.05, 0) is 13.3 Å². The van der Waals surface area contributed by atoms with E-state index < -0.39 is 0 Å². The van der Waals surface area contributed by atoms with Crippen molar-refractivity contribution in [3.05, 3.63) is 12.7 Å². The van der Waals surface area contributed by atoms with Gasteiger partial charge in [0.15, 0.2) is 0 Å². The zero-order valence-electron chi connectivity index (χ0n) is 7.92. The van der Waals surface area contributed by atoms with Crippen LogP contribution in [0.4, 0.5) is 0 Å². The lowest BCUT2D eigenvalue weighted by Crippen LogP contribution is -2.28. The number of likely N-dealkylation sites (N-methyl/N-ethyl adjacent to an activating group) is 1. The number of rotatable bonds is 5. The first-order valence-electron chi connectivity index (χ1n) is 4.18. The quantitative estimate of drug-likeness (QED) is 0.619. The zero-order chi connectivity index (χ0) is 9.56. The van der Waals surface area contributed by atoms with Gasteiger partial charge in [-0.25, -0.2) is 0 Å². The maximum absolute atomic E-state index is 11.3. The van der Waals surface area contributed by atoms with E-state index in [2.05, 4.69) is 6.58 Å². The van der Waals surface area contributed by atoms with Gasteiger partial charge in [-0.2, -0.15) is 0 Å². The lowest BCUT2D eigenvalue weighted by molar-refractivity contribution is -0.129. The molecule has 0 aromatic carbocycles. The molecular formula is C9H18N2O. The summed E-state index contributed by atoms with van der Waals surface area (Å²) in [7, 11) is 1.77. The van der Waals surface area contributed by atoms with E-state index in [1.807, 2.05) is 6.92 Å². The van der Waals surface area contributed by atoms with Crippen LogP contribution in [0, 0.1) is 0 Å². The summed E-state index contributed by atoms with van der Waals surface area (Å²) in [6.45, 7) is 6.07. The molecule has 0 saturated heterocycles. The second-order valence-electron chi connectivity index (χ2n) is 3.08. The van der Waals surface area contributed by atoms with Crippen LogP contribution in [0.25, 0.3) is 0 Å². The molecule has 12 heavy (non-hydrogen) atoms. The van der Waals surface area contributed by atoms with E-state index in [9.17, 15) is 4.79 Å². The molecule has 1 amide bonds. The Labute approximate surface area is 74.2 Å². The van der Waals surface area contributed by atoms with E-state index in [1.54, 1.807) is 18.0 Å². The summed E-state index contributed by atoms with van der Waals surface area (Å²) >= 11 is 0. The Hall–Kier alpha value is -0.830. The number of hydrogen-bond donors (Lipinski definition) is 1. The monoisotopic (exact) mass is 170 g/mol. The van der Waals surface area contributed by atoms with E-state index in [0.717, 1.165) is 6.42 Å². The molecule has 0 saturated carbocycles. The van der Waals surface area contributed by atoms with Crippen molar-refractivity contribution in [1.29, 1.82) is 0 Å². The van der Waals surface area contributed by atoms with Crippen molar-refractivity contribution >= 4 is 5.91 Å². The molecule has 0 aromatic rings. The third-order valence-corrected chi connectivity index (χ3v) is 1.64. The molecule has 1 unspecified atom stereocenters. The van der Waals surface area contributed by atoms with E-state index in [0.29, 0.717) is 13.0 Å². The van der Waals surface area contributed by atoms with Crippen molar-refractivity contribution in [3.63, 3.8) is 0 Å². The average molecular weight is 170 g/mol. The molecule has 0 fully saturated rings. The van der Waals surface area contributed by atoms with Crippen LogP contribution in [0.3, 0.4) is 0 Å². The summed E-state index contributed by atoms with van der Waals surface area (Å²) in [4.78, 5) is 12.9. The molecule has 0 spiro atoms. The van der Waals surface area contributed by atoms with Gasteiger partial charge in [0.25, 0.3) is 0 Å². The van der Waals surface area contributed by atoms with Gasteiger partial charge in [0, 0.05) is 26.1 Å². The van der Waals surface area contributed by atoms with Crippen LogP contribution >= 0.6 is 0 Å². The van der Waals surface area contributed by atoms with Gasteiger partial charge in [-0.15, -0.1) is 6.58 Å². The highest BCUT2D eigenvalue weighted by Gasteiger charge is 2.07. The van der Waals surface area contributed by atoms with Crippen molar-refractivity contribution in [3.8, 4) is 0 Å². The van der Waals surface area contributed by atoms with Crippen LogP contribution < -0.4 is 5.73 Å². The number of nitrogens with two attached hydrogens (primary N) is 1. The molecule has 0 aromatic heterocycles.